The molecule has 26 heavy (non-hydrogen) atoms. The van der Waals surface area contributed by atoms with E-state index in [1.165, 1.54) is 11.8 Å². The summed E-state index contributed by atoms with van der Waals surface area (Å²) >= 11 is 1.37. The van der Waals surface area contributed by atoms with E-state index < -0.39 is 0 Å². The SMILES string of the molecule is COc1ccc(NC(=O)CSc2nnc(CN3CCOCC3)n2C)cc1. The molecule has 1 N–H and O–H groups in total. The number of hydrogen-bond donors (Lipinski definition) is 1. The molecule has 2 heterocycles. The number of hydrogen-bond acceptors (Lipinski definition) is 7. The number of aromatic nitrogens is 3. The number of carbonyl (C=O) groups is 1. The van der Waals surface area contributed by atoms with Gasteiger partial charge in [0.2, 0.25) is 5.91 Å². The number of carbonyl (C=O) groups excluding carboxylic acids is 1. The Morgan fingerprint density at radius 2 is 2.00 bits per heavy atom. The number of nitrogens with zero attached hydrogens (tertiary/aromatic N) is 4. The van der Waals surface area contributed by atoms with E-state index in [0.717, 1.165) is 55.3 Å². The highest BCUT2D eigenvalue weighted by molar-refractivity contribution is 7.99. The van der Waals surface area contributed by atoms with Crippen molar-refractivity contribution in [2.75, 3.05) is 44.5 Å². The van der Waals surface area contributed by atoms with Gasteiger partial charge in [-0.3, -0.25) is 9.69 Å². The number of amides is 1. The van der Waals surface area contributed by atoms with Crippen molar-refractivity contribution < 1.29 is 14.3 Å². The first-order chi connectivity index (χ1) is 12.7. The van der Waals surface area contributed by atoms with E-state index in [0.29, 0.717) is 0 Å². The van der Waals surface area contributed by atoms with Crippen molar-refractivity contribution in [1.82, 2.24) is 19.7 Å². The first kappa shape index (κ1) is 18.7. The molecule has 9 heteroatoms. The number of thioether (sulfide) groups is 1. The second kappa shape index (κ2) is 9.02. The van der Waals surface area contributed by atoms with Crippen molar-refractivity contribution in [3.63, 3.8) is 0 Å². The fourth-order valence-corrected chi connectivity index (χ4v) is 3.30. The smallest absolute Gasteiger partial charge is 0.234 e. The molecule has 1 aliphatic heterocycles. The Morgan fingerprint density at radius 1 is 1.27 bits per heavy atom. The Balaban J connectivity index is 1.49. The minimum atomic E-state index is -0.0853. The zero-order valence-corrected chi connectivity index (χ0v) is 15.8. The fraction of sp³-hybridized carbons (Fsp3) is 0.471. The lowest BCUT2D eigenvalue weighted by molar-refractivity contribution is -0.113. The van der Waals surface area contributed by atoms with Crippen LogP contribution in [0.25, 0.3) is 0 Å². The molecule has 0 aliphatic carbocycles. The molecule has 8 nitrogen and oxygen atoms in total. The number of ether oxygens (including phenoxy) is 2. The summed E-state index contributed by atoms with van der Waals surface area (Å²) in [6, 6.07) is 7.24. The van der Waals surface area contributed by atoms with Crippen LogP contribution in [0, 0.1) is 0 Å². The molecule has 0 unspecified atom stereocenters. The summed E-state index contributed by atoms with van der Waals surface area (Å²) in [5.74, 6) is 1.84. The Morgan fingerprint density at radius 3 is 2.69 bits per heavy atom. The van der Waals surface area contributed by atoms with Crippen LogP contribution in [0.15, 0.2) is 29.4 Å². The van der Waals surface area contributed by atoms with Crippen LogP contribution in [0.3, 0.4) is 0 Å². The standard InChI is InChI=1S/C17H23N5O3S/c1-21-15(11-22-7-9-25-10-8-22)19-20-17(21)26-12-16(23)18-13-3-5-14(24-2)6-4-13/h3-6H,7-12H2,1-2H3,(H,18,23). The fourth-order valence-electron chi connectivity index (χ4n) is 2.57. The Bertz CT molecular complexity index is 728. The van der Waals surface area contributed by atoms with Crippen LogP contribution < -0.4 is 10.1 Å². The van der Waals surface area contributed by atoms with Crippen LogP contribution in [0.1, 0.15) is 5.82 Å². The molecule has 1 aliphatic rings. The molecule has 1 fully saturated rings. The highest BCUT2D eigenvalue weighted by atomic mass is 32.2. The molecule has 0 atom stereocenters. The lowest BCUT2D eigenvalue weighted by Crippen LogP contribution is -2.36. The van der Waals surface area contributed by atoms with Crippen LogP contribution in [-0.4, -0.2) is 64.7 Å². The van der Waals surface area contributed by atoms with Gasteiger partial charge in [0, 0.05) is 25.8 Å². The number of benzene rings is 1. The first-order valence-electron chi connectivity index (χ1n) is 8.41. The molecule has 0 bridgehead atoms. The summed E-state index contributed by atoms with van der Waals surface area (Å²) in [6.07, 6.45) is 0. The van der Waals surface area contributed by atoms with E-state index in [2.05, 4.69) is 20.4 Å². The molecule has 0 radical (unpaired) electrons. The molecule has 3 rings (SSSR count). The largest absolute Gasteiger partial charge is 0.497 e. The third kappa shape index (κ3) is 4.96. The Kier molecular flexibility index (Phi) is 6.48. The van der Waals surface area contributed by atoms with Crippen molar-refractivity contribution in [2.24, 2.45) is 7.05 Å². The maximum Gasteiger partial charge on any atom is 0.234 e. The molecule has 140 valence electrons. The highest BCUT2D eigenvalue weighted by Crippen LogP contribution is 2.18. The van der Waals surface area contributed by atoms with Gasteiger partial charge in [0.05, 0.1) is 32.6 Å². The molecule has 1 saturated heterocycles. The maximum atomic E-state index is 12.1. The van der Waals surface area contributed by atoms with Gasteiger partial charge in [-0.25, -0.2) is 0 Å². The molecular formula is C17H23N5O3S. The van der Waals surface area contributed by atoms with Crippen molar-refractivity contribution in [3.8, 4) is 5.75 Å². The Hall–Kier alpha value is -2.10. The number of morpholine rings is 1. The van der Waals surface area contributed by atoms with Gasteiger partial charge in [0.1, 0.15) is 11.6 Å². The van der Waals surface area contributed by atoms with Gasteiger partial charge in [0.15, 0.2) is 5.16 Å². The van der Waals surface area contributed by atoms with E-state index in [1.54, 1.807) is 7.11 Å². The lowest BCUT2D eigenvalue weighted by Gasteiger charge is -2.25. The van der Waals surface area contributed by atoms with Crippen molar-refractivity contribution >= 4 is 23.4 Å². The first-order valence-corrected chi connectivity index (χ1v) is 9.39. The third-order valence-corrected chi connectivity index (χ3v) is 5.12. The van der Waals surface area contributed by atoms with Crippen molar-refractivity contribution in [1.29, 1.82) is 0 Å². The van der Waals surface area contributed by atoms with E-state index >= 15 is 0 Å². The van der Waals surface area contributed by atoms with Gasteiger partial charge in [-0.15, -0.1) is 10.2 Å². The molecule has 1 aromatic carbocycles. The van der Waals surface area contributed by atoms with Crippen LogP contribution >= 0.6 is 11.8 Å². The maximum absolute atomic E-state index is 12.1. The lowest BCUT2D eigenvalue weighted by atomic mass is 10.3. The third-order valence-electron chi connectivity index (χ3n) is 4.10. The van der Waals surface area contributed by atoms with Crippen LogP contribution in [0.5, 0.6) is 5.75 Å². The van der Waals surface area contributed by atoms with Gasteiger partial charge < -0.3 is 19.4 Å². The number of methoxy groups -OCH3 is 1. The summed E-state index contributed by atoms with van der Waals surface area (Å²) < 4.78 is 12.4. The minimum Gasteiger partial charge on any atom is -0.497 e. The second-order valence-electron chi connectivity index (χ2n) is 5.91. The number of rotatable bonds is 7. The predicted octanol–water partition coefficient (Wildman–Crippen LogP) is 1.39. The summed E-state index contributed by atoms with van der Waals surface area (Å²) in [6.45, 7) is 4.06. The van der Waals surface area contributed by atoms with Gasteiger partial charge >= 0.3 is 0 Å². The topological polar surface area (TPSA) is 81.5 Å². The van der Waals surface area contributed by atoms with Gasteiger partial charge in [-0.1, -0.05) is 11.8 Å². The van der Waals surface area contributed by atoms with Crippen LogP contribution in [-0.2, 0) is 23.1 Å². The summed E-state index contributed by atoms with van der Waals surface area (Å²) in [7, 11) is 3.54. The average molecular weight is 377 g/mol. The monoisotopic (exact) mass is 377 g/mol. The second-order valence-corrected chi connectivity index (χ2v) is 6.85. The van der Waals surface area contributed by atoms with E-state index in [4.69, 9.17) is 9.47 Å². The van der Waals surface area contributed by atoms with Crippen molar-refractivity contribution in [2.45, 2.75) is 11.7 Å². The van der Waals surface area contributed by atoms with E-state index in [1.807, 2.05) is 35.9 Å². The minimum absolute atomic E-state index is 0.0853. The molecule has 1 aromatic heterocycles. The molecular weight excluding hydrogens is 354 g/mol. The summed E-state index contributed by atoms with van der Waals surface area (Å²) in [5, 5.41) is 12.1. The summed E-state index contributed by atoms with van der Waals surface area (Å²) in [4.78, 5) is 14.4. The van der Waals surface area contributed by atoms with Gasteiger partial charge in [0.25, 0.3) is 0 Å². The Labute approximate surface area is 156 Å². The molecule has 0 saturated carbocycles. The predicted molar refractivity (Wildman–Crippen MR) is 99.4 cm³/mol. The molecule has 0 spiro atoms. The highest BCUT2D eigenvalue weighted by Gasteiger charge is 2.16. The number of anilines is 1. The normalized spacial score (nSPS) is 15.0. The number of nitrogens with one attached hydrogen (secondary N) is 1. The molecule has 1 amide bonds. The van der Waals surface area contributed by atoms with Gasteiger partial charge in [-0.2, -0.15) is 0 Å². The summed E-state index contributed by atoms with van der Waals surface area (Å²) in [5.41, 5.74) is 0.738. The van der Waals surface area contributed by atoms with Gasteiger partial charge in [-0.05, 0) is 24.3 Å². The van der Waals surface area contributed by atoms with E-state index in [-0.39, 0.29) is 11.7 Å². The molecule has 2 aromatic rings. The quantitative estimate of drug-likeness (QED) is 0.730. The zero-order chi connectivity index (χ0) is 18.4. The van der Waals surface area contributed by atoms with Crippen LogP contribution in [0.4, 0.5) is 5.69 Å². The average Bonchev–Trinajstić information content (AvgIpc) is 3.01. The zero-order valence-electron chi connectivity index (χ0n) is 15.0. The van der Waals surface area contributed by atoms with Crippen LogP contribution in [0.2, 0.25) is 0 Å². The van der Waals surface area contributed by atoms with E-state index in [9.17, 15) is 4.79 Å². The van der Waals surface area contributed by atoms with Crippen molar-refractivity contribution in [3.05, 3.63) is 30.1 Å².